The fourth-order valence-electron chi connectivity index (χ4n) is 1.36. The van der Waals surface area contributed by atoms with E-state index in [0.29, 0.717) is 12.1 Å². The van der Waals surface area contributed by atoms with Crippen LogP contribution in [0.1, 0.15) is 12.8 Å². The maximum absolute atomic E-state index is 5.41. The van der Waals surface area contributed by atoms with Crippen LogP contribution < -0.4 is 5.32 Å². The highest BCUT2D eigenvalue weighted by atomic mass is 16.5. The molecule has 1 saturated carbocycles. The molecular formula is C6H11NO. The lowest BCUT2D eigenvalue weighted by atomic mass is 9.88. The molecule has 2 fully saturated rings. The van der Waals surface area contributed by atoms with E-state index in [9.17, 15) is 0 Å². The minimum absolute atomic E-state index is 0.573. The molecule has 1 saturated heterocycles. The van der Waals surface area contributed by atoms with Crippen LogP contribution in [-0.4, -0.2) is 25.3 Å². The van der Waals surface area contributed by atoms with Gasteiger partial charge in [-0.05, 0) is 12.8 Å². The first kappa shape index (κ1) is 4.77. The Balaban J connectivity index is 1.92. The van der Waals surface area contributed by atoms with Gasteiger partial charge in [-0.1, -0.05) is 0 Å². The summed E-state index contributed by atoms with van der Waals surface area (Å²) in [6.45, 7) is 1.97. The lowest BCUT2D eigenvalue weighted by molar-refractivity contribution is -0.0553. The van der Waals surface area contributed by atoms with Crippen molar-refractivity contribution in [3.8, 4) is 0 Å². The molecule has 0 radical (unpaired) electrons. The maximum atomic E-state index is 5.41. The molecule has 2 nitrogen and oxygen atoms in total. The summed E-state index contributed by atoms with van der Waals surface area (Å²) in [4.78, 5) is 0. The van der Waals surface area contributed by atoms with E-state index in [1.54, 1.807) is 0 Å². The molecule has 0 amide bonds. The Kier molecular flexibility index (Phi) is 1.02. The second-order valence-corrected chi connectivity index (χ2v) is 2.55. The van der Waals surface area contributed by atoms with Gasteiger partial charge >= 0.3 is 0 Å². The lowest BCUT2D eigenvalue weighted by Gasteiger charge is -2.40. The minimum atomic E-state index is 0.573. The number of hydrogen-bond acceptors (Lipinski definition) is 2. The molecule has 8 heavy (non-hydrogen) atoms. The van der Waals surface area contributed by atoms with Crippen molar-refractivity contribution >= 4 is 0 Å². The summed E-state index contributed by atoms with van der Waals surface area (Å²) in [6, 6.07) is 0.712. The highest BCUT2D eigenvalue weighted by molar-refractivity contribution is 4.90. The number of hydrogen-bond donors (Lipinski definition) is 1. The Morgan fingerprint density at radius 3 is 2.75 bits per heavy atom. The Morgan fingerprint density at radius 2 is 2.38 bits per heavy atom. The van der Waals surface area contributed by atoms with Crippen LogP contribution in [0.2, 0.25) is 0 Å². The highest BCUT2D eigenvalue weighted by Gasteiger charge is 2.33. The van der Waals surface area contributed by atoms with Crippen molar-refractivity contribution in [2.75, 3.05) is 13.2 Å². The third-order valence-corrected chi connectivity index (χ3v) is 2.05. The first-order chi connectivity index (χ1) is 3.97. The summed E-state index contributed by atoms with van der Waals surface area (Å²) < 4.78 is 5.41. The smallest absolute Gasteiger partial charge is 0.0729 e. The molecule has 1 aliphatic carbocycles. The van der Waals surface area contributed by atoms with Crippen LogP contribution in [0.5, 0.6) is 0 Å². The summed E-state index contributed by atoms with van der Waals surface area (Å²) in [5.74, 6) is 0. The Hall–Kier alpha value is -0.0800. The van der Waals surface area contributed by atoms with E-state index in [1.807, 2.05) is 0 Å². The van der Waals surface area contributed by atoms with Crippen LogP contribution in [0, 0.1) is 0 Å². The van der Waals surface area contributed by atoms with E-state index in [4.69, 9.17) is 4.74 Å². The van der Waals surface area contributed by atoms with E-state index >= 15 is 0 Å². The highest BCUT2D eigenvalue weighted by Crippen LogP contribution is 2.24. The molecule has 46 valence electrons. The quantitative estimate of drug-likeness (QED) is 0.482. The average molecular weight is 113 g/mol. The van der Waals surface area contributed by atoms with Crippen LogP contribution in [0.3, 0.4) is 0 Å². The molecule has 0 aromatic carbocycles. The SMILES string of the molecule is C1COC2CCC2N1. The number of ether oxygens (including phenoxy) is 1. The van der Waals surface area contributed by atoms with Crippen LogP contribution in [0.25, 0.3) is 0 Å². The molecule has 2 heteroatoms. The van der Waals surface area contributed by atoms with Gasteiger partial charge in [0.25, 0.3) is 0 Å². The van der Waals surface area contributed by atoms with E-state index in [-0.39, 0.29) is 0 Å². The van der Waals surface area contributed by atoms with E-state index in [1.165, 1.54) is 12.8 Å². The molecule has 2 atom stereocenters. The summed E-state index contributed by atoms with van der Waals surface area (Å²) in [5.41, 5.74) is 0. The van der Waals surface area contributed by atoms with Gasteiger partial charge < -0.3 is 10.1 Å². The van der Waals surface area contributed by atoms with Crippen molar-refractivity contribution in [2.24, 2.45) is 0 Å². The van der Waals surface area contributed by atoms with Crippen LogP contribution in [-0.2, 0) is 4.74 Å². The van der Waals surface area contributed by atoms with Gasteiger partial charge in [0.05, 0.1) is 12.7 Å². The number of morpholine rings is 1. The molecule has 1 heterocycles. The second-order valence-electron chi connectivity index (χ2n) is 2.55. The predicted molar refractivity (Wildman–Crippen MR) is 30.8 cm³/mol. The molecule has 2 unspecified atom stereocenters. The molecule has 0 aromatic heterocycles. The third-order valence-electron chi connectivity index (χ3n) is 2.05. The molecule has 0 bridgehead atoms. The van der Waals surface area contributed by atoms with Crippen molar-refractivity contribution in [3.63, 3.8) is 0 Å². The van der Waals surface area contributed by atoms with E-state index in [2.05, 4.69) is 5.32 Å². The molecule has 0 spiro atoms. The van der Waals surface area contributed by atoms with E-state index in [0.717, 1.165) is 13.2 Å². The number of fused-ring (bicyclic) bond motifs is 1. The summed E-state index contributed by atoms with van der Waals surface area (Å²) >= 11 is 0. The summed E-state index contributed by atoms with van der Waals surface area (Å²) in [5, 5.41) is 3.39. The largest absolute Gasteiger partial charge is 0.375 e. The normalized spacial score (nSPS) is 45.0. The number of nitrogens with one attached hydrogen (secondary N) is 1. The number of rotatable bonds is 0. The third kappa shape index (κ3) is 0.565. The monoisotopic (exact) mass is 113 g/mol. The second kappa shape index (κ2) is 1.71. The predicted octanol–water partition coefficient (Wildman–Crippen LogP) is 0.137. The van der Waals surface area contributed by atoms with Gasteiger partial charge in [0.2, 0.25) is 0 Å². The van der Waals surface area contributed by atoms with Gasteiger partial charge in [0.1, 0.15) is 0 Å². The van der Waals surface area contributed by atoms with Crippen molar-refractivity contribution < 1.29 is 4.74 Å². The van der Waals surface area contributed by atoms with Crippen LogP contribution in [0.4, 0.5) is 0 Å². The maximum Gasteiger partial charge on any atom is 0.0729 e. The zero-order valence-corrected chi connectivity index (χ0v) is 4.89. The van der Waals surface area contributed by atoms with Gasteiger partial charge in [-0.25, -0.2) is 0 Å². The van der Waals surface area contributed by atoms with Crippen molar-refractivity contribution in [3.05, 3.63) is 0 Å². The van der Waals surface area contributed by atoms with Gasteiger partial charge in [-0.15, -0.1) is 0 Å². The first-order valence-corrected chi connectivity index (χ1v) is 3.32. The summed E-state index contributed by atoms with van der Waals surface area (Å²) in [7, 11) is 0. The van der Waals surface area contributed by atoms with Crippen molar-refractivity contribution in [1.82, 2.24) is 5.32 Å². The fourth-order valence-corrected chi connectivity index (χ4v) is 1.36. The summed E-state index contributed by atoms with van der Waals surface area (Å²) in [6.07, 6.45) is 3.17. The molecule has 0 aromatic rings. The van der Waals surface area contributed by atoms with E-state index < -0.39 is 0 Å². The van der Waals surface area contributed by atoms with Crippen molar-refractivity contribution in [2.45, 2.75) is 25.0 Å². The molecule has 1 aliphatic heterocycles. The Labute approximate surface area is 49.2 Å². The Bertz CT molecular complexity index is 82.5. The topological polar surface area (TPSA) is 21.3 Å². The minimum Gasteiger partial charge on any atom is -0.375 e. The first-order valence-electron chi connectivity index (χ1n) is 3.32. The van der Waals surface area contributed by atoms with Gasteiger partial charge in [-0.3, -0.25) is 0 Å². The van der Waals surface area contributed by atoms with Gasteiger partial charge in [-0.2, -0.15) is 0 Å². The standard InChI is InChI=1S/C6H11NO/c1-2-6-5(1)7-3-4-8-6/h5-7H,1-4H2. The zero-order valence-electron chi connectivity index (χ0n) is 4.89. The van der Waals surface area contributed by atoms with Gasteiger partial charge in [0, 0.05) is 12.6 Å². The fraction of sp³-hybridized carbons (Fsp3) is 1.00. The Morgan fingerprint density at radius 1 is 1.38 bits per heavy atom. The average Bonchev–Trinajstić information content (AvgIpc) is 1.72. The molecule has 1 N–H and O–H groups in total. The lowest BCUT2D eigenvalue weighted by Crippen LogP contribution is -2.54. The van der Waals surface area contributed by atoms with Crippen LogP contribution in [0.15, 0.2) is 0 Å². The van der Waals surface area contributed by atoms with Gasteiger partial charge in [0.15, 0.2) is 0 Å². The van der Waals surface area contributed by atoms with Crippen LogP contribution >= 0.6 is 0 Å². The molecule has 2 aliphatic rings. The molecule has 2 rings (SSSR count). The zero-order chi connectivity index (χ0) is 5.40. The van der Waals surface area contributed by atoms with Crippen molar-refractivity contribution in [1.29, 1.82) is 0 Å². The molecular weight excluding hydrogens is 102 g/mol.